The van der Waals surface area contributed by atoms with Gasteiger partial charge in [0.05, 0.1) is 15.4 Å². The van der Waals surface area contributed by atoms with Crippen molar-refractivity contribution >= 4 is 45.8 Å². The summed E-state index contributed by atoms with van der Waals surface area (Å²) in [7, 11) is 0. The highest BCUT2D eigenvalue weighted by Crippen LogP contribution is 2.31. The standard InChI is InChI=1S/C25H19Cl2NO4/c1-2-15-8-11-21-18(12-15)23(30)25(24(32-21)16-6-4-3-5-7-16)31-14-22(29)28-17-9-10-19(26)20(27)13-17/h3-13H,2,14H2,1H3,(H,28,29). The van der Waals surface area contributed by atoms with Gasteiger partial charge in [0.1, 0.15) is 5.58 Å². The molecule has 0 aliphatic heterocycles. The second-order valence-corrected chi connectivity index (χ2v) is 7.92. The second kappa shape index (κ2) is 9.47. The van der Waals surface area contributed by atoms with Gasteiger partial charge in [0.2, 0.25) is 11.2 Å². The summed E-state index contributed by atoms with van der Waals surface area (Å²) in [6.45, 7) is 1.62. The second-order valence-electron chi connectivity index (χ2n) is 7.11. The van der Waals surface area contributed by atoms with Gasteiger partial charge in [-0.15, -0.1) is 0 Å². The van der Waals surface area contributed by atoms with Crippen LogP contribution in [-0.2, 0) is 11.2 Å². The number of hydrogen-bond acceptors (Lipinski definition) is 4. The van der Waals surface area contributed by atoms with Crippen LogP contribution in [0.15, 0.2) is 75.9 Å². The predicted molar refractivity (Wildman–Crippen MR) is 128 cm³/mol. The summed E-state index contributed by atoms with van der Waals surface area (Å²) in [5, 5.41) is 3.78. The lowest BCUT2D eigenvalue weighted by molar-refractivity contribution is -0.118. The molecule has 7 heteroatoms. The molecule has 0 saturated carbocycles. The number of anilines is 1. The number of carbonyl (C=O) groups excluding carboxylic acids is 1. The number of halogens is 2. The molecule has 5 nitrogen and oxygen atoms in total. The monoisotopic (exact) mass is 467 g/mol. The molecule has 0 radical (unpaired) electrons. The Labute approximate surface area is 194 Å². The number of carbonyl (C=O) groups is 1. The Kier molecular flexibility index (Phi) is 6.49. The van der Waals surface area contributed by atoms with Crippen LogP contribution in [0.25, 0.3) is 22.3 Å². The molecule has 0 spiro atoms. The summed E-state index contributed by atoms with van der Waals surface area (Å²) in [5.41, 5.74) is 2.27. The zero-order valence-corrected chi connectivity index (χ0v) is 18.7. The quantitative estimate of drug-likeness (QED) is 0.358. The van der Waals surface area contributed by atoms with Crippen LogP contribution in [0.1, 0.15) is 12.5 Å². The van der Waals surface area contributed by atoms with Gasteiger partial charge in [0.25, 0.3) is 5.91 Å². The number of nitrogens with one attached hydrogen (secondary N) is 1. The lowest BCUT2D eigenvalue weighted by atomic mass is 10.1. The molecule has 1 N–H and O–H groups in total. The van der Waals surface area contributed by atoms with Gasteiger partial charge < -0.3 is 14.5 Å². The number of ether oxygens (including phenoxy) is 1. The highest BCUT2D eigenvalue weighted by atomic mass is 35.5. The summed E-state index contributed by atoms with van der Waals surface area (Å²) in [4.78, 5) is 25.8. The fraction of sp³-hybridized carbons (Fsp3) is 0.120. The van der Waals surface area contributed by atoms with Crippen LogP contribution in [0.3, 0.4) is 0 Å². The normalized spacial score (nSPS) is 10.8. The molecule has 4 aromatic rings. The Morgan fingerprint density at radius 2 is 1.78 bits per heavy atom. The van der Waals surface area contributed by atoms with Crippen molar-refractivity contribution in [3.05, 3.63) is 92.6 Å². The van der Waals surface area contributed by atoms with Crippen molar-refractivity contribution in [3.8, 4) is 17.1 Å². The molecule has 4 rings (SSSR count). The van der Waals surface area contributed by atoms with Crippen LogP contribution < -0.4 is 15.5 Å². The first-order valence-corrected chi connectivity index (χ1v) is 10.7. The average molecular weight is 468 g/mol. The van der Waals surface area contributed by atoms with Crippen LogP contribution in [0.5, 0.6) is 5.75 Å². The molecule has 0 bridgehead atoms. The largest absolute Gasteiger partial charge is 0.476 e. The Bertz CT molecular complexity index is 1350. The zero-order chi connectivity index (χ0) is 22.7. The minimum absolute atomic E-state index is 0.0127. The zero-order valence-electron chi connectivity index (χ0n) is 17.2. The minimum atomic E-state index is -0.454. The number of fused-ring (bicyclic) bond motifs is 1. The molecule has 0 fully saturated rings. The van der Waals surface area contributed by atoms with E-state index in [0.29, 0.717) is 32.3 Å². The molecular weight excluding hydrogens is 449 g/mol. The van der Waals surface area contributed by atoms with E-state index >= 15 is 0 Å². The van der Waals surface area contributed by atoms with E-state index in [0.717, 1.165) is 12.0 Å². The van der Waals surface area contributed by atoms with Crippen LogP contribution in [0, 0.1) is 0 Å². The van der Waals surface area contributed by atoms with Gasteiger partial charge in [-0.25, -0.2) is 0 Å². The van der Waals surface area contributed by atoms with Crippen molar-refractivity contribution < 1.29 is 13.9 Å². The van der Waals surface area contributed by atoms with Gasteiger partial charge in [-0.1, -0.05) is 66.5 Å². The maximum Gasteiger partial charge on any atom is 0.262 e. The third kappa shape index (κ3) is 4.64. The lowest BCUT2D eigenvalue weighted by Crippen LogP contribution is -2.22. The molecule has 0 atom stereocenters. The molecule has 3 aromatic carbocycles. The topological polar surface area (TPSA) is 68.5 Å². The van der Waals surface area contributed by atoms with Crippen LogP contribution in [0.4, 0.5) is 5.69 Å². The molecule has 32 heavy (non-hydrogen) atoms. The highest BCUT2D eigenvalue weighted by molar-refractivity contribution is 6.42. The Morgan fingerprint density at radius 3 is 2.50 bits per heavy atom. The van der Waals surface area contributed by atoms with E-state index in [9.17, 15) is 9.59 Å². The van der Waals surface area contributed by atoms with Crippen molar-refractivity contribution in [2.45, 2.75) is 13.3 Å². The van der Waals surface area contributed by atoms with Crippen LogP contribution in [-0.4, -0.2) is 12.5 Å². The van der Waals surface area contributed by atoms with E-state index in [4.69, 9.17) is 32.4 Å². The number of benzene rings is 3. The molecular formula is C25H19Cl2NO4. The summed E-state index contributed by atoms with van der Waals surface area (Å²) < 4.78 is 11.8. The van der Waals surface area contributed by atoms with Gasteiger partial charge in [-0.3, -0.25) is 9.59 Å². The summed E-state index contributed by atoms with van der Waals surface area (Å²) in [6.07, 6.45) is 0.776. The first-order valence-electron chi connectivity index (χ1n) is 9.99. The van der Waals surface area contributed by atoms with E-state index in [1.165, 1.54) is 6.07 Å². The number of amides is 1. The third-order valence-corrected chi connectivity index (χ3v) is 5.65. The SMILES string of the molecule is CCc1ccc2oc(-c3ccccc3)c(OCC(=O)Nc3ccc(Cl)c(Cl)c3)c(=O)c2c1. The molecule has 0 aliphatic rings. The molecule has 0 unspecified atom stereocenters. The van der Waals surface area contributed by atoms with Crippen LogP contribution >= 0.6 is 23.2 Å². The first-order chi connectivity index (χ1) is 15.5. The molecule has 1 heterocycles. The van der Waals surface area contributed by atoms with Crippen molar-refractivity contribution in [2.75, 3.05) is 11.9 Å². The van der Waals surface area contributed by atoms with Crippen LogP contribution in [0.2, 0.25) is 10.0 Å². The van der Waals surface area contributed by atoms with E-state index in [1.807, 2.05) is 43.3 Å². The third-order valence-electron chi connectivity index (χ3n) is 4.91. The van der Waals surface area contributed by atoms with Crippen molar-refractivity contribution in [1.29, 1.82) is 0 Å². The Hall–Kier alpha value is -3.28. The van der Waals surface area contributed by atoms with E-state index in [1.54, 1.807) is 24.3 Å². The Balaban J connectivity index is 1.68. The van der Waals surface area contributed by atoms with E-state index in [2.05, 4.69) is 5.32 Å². The molecule has 162 valence electrons. The maximum atomic E-state index is 13.3. The minimum Gasteiger partial charge on any atom is -0.476 e. The number of aryl methyl sites for hydroxylation is 1. The average Bonchev–Trinajstić information content (AvgIpc) is 2.81. The van der Waals surface area contributed by atoms with Gasteiger partial charge in [0.15, 0.2) is 12.4 Å². The van der Waals surface area contributed by atoms with Crippen molar-refractivity contribution in [1.82, 2.24) is 0 Å². The van der Waals surface area contributed by atoms with E-state index in [-0.39, 0.29) is 23.5 Å². The van der Waals surface area contributed by atoms with Crippen molar-refractivity contribution in [2.24, 2.45) is 0 Å². The van der Waals surface area contributed by atoms with Gasteiger partial charge >= 0.3 is 0 Å². The molecule has 1 amide bonds. The summed E-state index contributed by atoms with van der Waals surface area (Å²) >= 11 is 11.9. The van der Waals surface area contributed by atoms with Gasteiger partial charge in [-0.2, -0.15) is 0 Å². The molecule has 0 aliphatic carbocycles. The summed E-state index contributed by atoms with van der Waals surface area (Å²) in [6, 6.07) is 19.4. The van der Waals surface area contributed by atoms with E-state index < -0.39 is 5.91 Å². The van der Waals surface area contributed by atoms with Crippen molar-refractivity contribution in [3.63, 3.8) is 0 Å². The fourth-order valence-corrected chi connectivity index (χ4v) is 3.56. The first kappa shape index (κ1) is 21.9. The fourth-order valence-electron chi connectivity index (χ4n) is 3.26. The molecule has 1 aromatic heterocycles. The summed E-state index contributed by atoms with van der Waals surface area (Å²) in [5.74, 6) is -0.194. The lowest BCUT2D eigenvalue weighted by Gasteiger charge is -2.12. The highest BCUT2D eigenvalue weighted by Gasteiger charge is 2.19. The maximum absolute atomic E-state index is 13.3. The smallest absolute Gasteiger partial charge is 0.262 e. The molecule has 0 saturated heterocycles. The number of rotatable bonds is 6. The van der Waals surface area contributed by atoms with Gasteiger partial charge in [-0.05, 0) is 42.3 Å². The van der Waals surface area contributed by atoms with Gasteiger partial charge in [0, 0.05) is 11.3 Å². The predicted octanol–water partition coefficient (Wildman–Crippen LogP) is 6.35. The Morgan fingerprint density at radius 1 is 1.00 bits per heavy atom. The number of hydrogen-bond donors (Lipinski definition) is 1.